The van der Waals surface area contributed by atoms with Crippen molar-refractivity contribution in [2.45, 2.75) is 18.9 Å². The fourth-order valence-electron chi connectivity index (χ4n) is 1.76. The highest BCUT2D eigenvalue weighted by atomic mass is 16.3. The van der Waals surface area contributed by atoms with E-state index in [0.717, 1.165) is 24.8 Å². The molecule has 0 saturated heterocycles. The van der Waals surface area contributed by atoms with E-state index >= 15 is 0 Å². The third kappa shape index (κ3) is 3.08. The van der Waals surface area contributed by atoms with Crippen molar-refractivity contribution in [3.05, 3.63) is 24.2 Å². The molecule has 0 spiro atoms. The van der Waals surface area contributed by atoms with Crippen molar-refractivity contribution in [1.82, 2.24) is 10.2 Å². The van der Waals surface area contributed by atoms with Crippen molar-refractivity contribution in [1.29, 1.82) is 0 Å². The summed E-state index contributed by atoms with van der Waals surface area (Å²) in [5.41, 5.74) is 0. The minimum absolute atomic E-state index is 0.346. The molecule has 15 heavy (non-hydrogen) atoms. The first-order chi connectivity index (χ1) is 7.27. The van der Waals surface area contributed by atoms with E-state index in [1.165, 1.54) is 12.8 Å². The summed E-state index contributed by atoms with van der Waals surface area (Å²) < 4.78 is 5.45. The predicted octanol–water partition coefficient (Wildman–Crippen LogP) is 1.88. The largest absolute Gasteiger partial charge is 0.468 e. The number of hydrogen-bond donors (Lipinski definition) is 1. The Morgan fingerprint density at radius 1 is 1.53 bits per heavy atom. The smallest absolute Gasteiger partial charge is 0.122 e. The van der Waals surface area contributed by atoms with Crippen LogP contribution in [0.4, 0.5) is 0 Å². The molecule has 0 aromatic carbocycles. The number of nitrogens with one attached hydrogen (secondary N) is 1. The lowest BCUT2D eigenvalue weighted by atomic mass is 10.2. The van der Waals surface area contributed by atoms with Gasteiger partial charge in [0.15, 0.2) is 0 Å². The highest BCUT2D eigenvalue weighted by Crippen LogP contribution is 2.27. The highest BCUT2D eigenvalue weighted by Gasteiger charge is 2.22. The van der Waals surface area contributed by atoms with Crippen molar-refractivity contribution >= 4 is 0 Å². The molecule has 2 rings (SSSR count). The minimum Gasteiger partial charge on any atom is -0.468 e. The molecule has 1 saturated carbocycles. The second kappa shape index (κ2) is 4.81. The lowest BCUT2D eigenvalue weighted by Crippen LogP contribution is -2.31. The van der Waals surface area contributed by atoms with Gasteiger partial charge in [-0.25, -0.2) is 0 Å². The van der Waals surface area contributed by atoms with Crippen molar-refractivity contribution in [2.75, 3.05) is 27.2 Å². The summed E-state index contributed by atoms with van der Waals surface area (Å²) in [6, 6.07) is 4.34. The Morgan fingerprint density at radius 3 is 2.87 bits per heavy atom. The summed E-state index contributed by atoms with van der Waals surface area (Å²) >= 11 is 0. The zero-order chi connectivity index (χ0) is 10.7. The Morgan fingerprint density at radius 2 is 2.33 bits per heavy atom. The van der Waals surface area contributed by atoms with Crippen LogP contribution in [0.1, 0.15) is 24.6 Å². The number of rotatable bonds is 6. The topological polar surface area (TPSA) is 28.4 Å². The first-order valence-electron chi connectivity index (χ1n) is 5.68. The van der Waals surface area contributed by atoms with Gasteiger partial charge in [-0.3, -0.25) is 4.90 Å². The lowest BCUT2D eigenvalue weighted by Gasteiger charge is -2.22. The highest BCUT2D eigenvalue weighted by molar-refractivity contribution is 5.05. The van der Waals surface area contributed by atoms with Crippen LogP contribution in [-0.4, -0.2) is 32.1 Å². The average Bonchev–Trinajstić information content (AvgIpc) is 2.86. The predicted molar refractivity (Wildman–Crippen MR) is 60.7 cm³/mol. The van der Waals surface area contributed by atoms with Gasteiger partial charge in [-0.05, 0) is 51.5 Å². The van der Waals surface area contributed by atoms with Crippen molar-refractivity contribution in [3.63, 3.8) is 0 Å². The molecule has 0 radical (unpaired) electrons. The van der Waals surface area contributed by atoms with Gasteiger partial charge in [-0.1, -0.05) is 0 Å². The van der Waals surface area contributed by atoms with Gasteiger partial charge in [0, 0.05) is 6.54 Å². The summed E-state index contributed by atoms with van der Waals surface area (Å²) in [5.74, 6) is 1.98. The van der Waals surface area contributed by atoms with E-state index in [9.17, 15) is 0 Å². The molecule has 1 aliphatic rings. The minimum atomic E-state index is 0.346. The Hall–Kier alpha value is -0.800. The monoisotopic (exact) mass is 208 g/mol. The Labute approximate surface area is 91.4 Å². The van der Waals surface area contributed by atoms with Crippen LogP contribution in [0.2, 0.25) is 0 Å². The van der Waals surface area contributed by atoms with Gasteiger partial charge in [-0.2, -0.15) is 0 Å². The molecule has 0 bridgehead atoms. The molecule has 1 aliphatic carbocycles. The molecule has 0 unspecified atom stereocenters. The van der Waals surface area contributed by atoms with Gasteiger partial charge in [0.1, 0.15) is 5.76 Å². The number of likely N-dealkylation sites (N-methyl/N-ethyl adjacent to an activating group) is 1. The van der Waals surface area contributed by atoms with Crippen LogP contribution < -0.4 is 5.32 Å². The van der Waals surface area contributed by atoms with Crippen LogP contribution in [-0.2, 0) is 0 Å². The molecule has 84 valence electrons. The summed E-state index contributed by atoms with van der Waals surface area (Å²) in [5, 5.41) is 3.52. The molecule has 1 heterocycles. The molecule has 1 N–H and O–H groups in total. The quantitative estimate of drug-likeness (QED) is 0.773. The third-order valence-electron chi connectivity index (χ3n) is 2.96. The number of furan rings is 1. The van der Waals surface area contributed by atoms with E-state index < -0.39 is 0 Å². The Bertz CT molecular complexity index is 278. The van der Waals surface area contributed by atoms with Crippen LogP contribution in [0.3, 0.4) is 0 Å². The van der Waals surface area contributed by atoms with E-state index in [1.807, 2.05) is 12.1 Å². The van der Waals surface area contributed by atoms with E-state index in [0.29, 0.717) is 6.04 Å². The average molecular weight is 208 g/mol. The molecule has 0 aliphatic heterocycles. The maximum absolute atomic E-state index is 5.45. The maximum atomic E-state index is 5.45. The summed E-state index contributed by atoms with van der Waals surface area (Å²) in [7, 11) is 4.18. The number of nitrogens with zero attached hydrogens (tertiary/aromatic N) is 1. The second-order valence-electron chi connectivity index (χ2n) is 4.60. The second-order valence-corrected chi connectivity index (χ2v) is 4.60. The summed E-state index contributed by atoms with van der Waals surface area (Å²) in [6.07, 6.45) is 4.55. The van der Waals surface area contributed by atoms with E-state index in [2.05, 4.69) is 24.3 Å². The molecule has 0 amide bonds. The van der Waals surface area contributed by atoms with Crippen molar-refractivity contribution < 1.29 is 4.42 Å². The lowest BCUT2D eigenvalue weighted by molar-refractivity contribution is 0.250. The Balaban J connectivity index is 1.82. The van der Waals surface area contributed by atoms with E-state index in [4.69, 9.17) is 4.42 Å². The SMILES string of the molecule is CN(C)[C@H](CNCC1CC1)c1ccco1. The van der Waals surface area contributed by atoms with Crippen molar-refractivity contribution in [2.24, 2.45) is 5.92 Å². The van der Waals surface area contributed by atoms with Gasteiger partial charge < -0.3 is 9.73 Å². The van der Waals surface area contributed by atoms with E-state index in [1.54, 1.807) is 6.26 Å². The Kier molecular flexibility index (Phi) is 3.44. The first kappa shape index (κ1) is 10.7. The molecular formula is C12H20N2O. The van der Waals surface area contributed by atoms with Crippen LogP contribution in [0.5, 0.6) is 0 Å². The first-order valence-corrected chi connectivity index (χ1v) is 5.68. The number of hydrogen-bond acceptors (Lipinski definition) is 3. The molecule has 1 fully saturated rings. The summed E-state index contributed by atoms with van der Waals surface area (Å²) in [6.45, 7) is 2.13. The molecule has 1 atom stereocenters. The van der Waals surface area contributed by atoms with Gasteiger partial charge in [0.25, 0.3) is 0 Å². The van der Waals surface area contributed by atoms with Crippen LogP contribution in [0.25, 0.3) is 0 Å². The zero-order valence-corrected chi connectivity index (χ0v) is 9.57. The molecule has 3 heteroatoms. The van der Waals surface area contributed by atoms with Crippen molar-refractivity contribution in [3.8, 4) is 0 Å². The molecule has 3 nitrogen and oxygen atoms in total. The van der Waals surface area contributed by atoms with Crippen LogP contribution in [0, 0.1) is 5.92 Å². The fourth-order valence-corrected chi connectivity index (χ4v) is 1.76. The van der Waals surface area contributed by atoms with Gasteiger partial charge in [0.2, 0.25) is 0 Å². The standard InChI is InChI=1S/C12H20N2O/c1-14(2)11(12-4-3-7-15-12)9-13-8-10-5-6-10/h3-4,7,10-11,13H,5-6,8-9H2,1-2H3/t11-/m1/s1. The van der Waals surface area contributed by atoms with E-state index in [-0.39, 0.29) is 0 Å². The van der Waals surface area contributed by atoms with Gasteiger partial charge in [0.05, 0.1) is 12.3 Å². The normalized spacial score (nSPS) is 18.3. The van der Waals surface area contributed by atoms with Crippen LogP contribution in [0.15, 0.2) is 22.8 Å². The summed E-state index contributed by atoms with van der Waals surface area (Å²) in [4.78, 5) is 2.19. The molecular weight excluding hydrogens is 188 g/mol. The van der Waals surface area contributed by atoms with Gasteiger partial charge >= 0.3 is 0 Å². The third-order valence-corrected chi connectivity index (χ3v) is 2.96. The molecule has 1 aromatic rings. The van der Waals surface area contributed by atoms with Crippen LogP contribution >= 0.6 is 0 Å². The fraction of sp³-hybridized carbons (Fsp3) is 0.667. The molecule has 1 aromatic heterocycles. The van der Waals surface area contributed by atoms with Gasteiger partial charge in [-0.15, -0.1) is 0 Å². The zero-order valence-electron chi connectivity index (χ0n) is 9.57. The maximum Gasteiger partial charge on any atom is 0.122 e.